The number of nitrogens with zero attached hydrogens (tertiary/aromatic N) is 3. The molecule has 1 amide bonds. The minimum absolute atomic E-state index is 0.0668. The van der Waals surface area contributed by atoms with Gasteiger partial charge in [0.1, 0.15) is 0 Å². The van der Waals surface area contributed by atoms with E-state index in [1.807, 2.05) is 12.1 Å². The number of alkyl halides is 3. The number of amides is 1. The Morgan fingerprint density at radius 3 is 2.55 bits per heavy atom. The van der Waals surface area contributed by atoms with E-state index in [0.29, 0.717) is 54.8 Å². The Morgan fingerprint density at radius 2 is 1.85 bits per heavy atom. The number of aromatic nitrogens is 2. The average molecular weight is 499 g/mol. The summed E-state index contributed by atoms with van der Waals surface area (Å²) in [5.74, 6) is 0.219. The molecule has 0 radical (unpaired) electrons. The van der Waals surface area contributed by atoms with Crippen molar-refractivity contribution in [3.63, 3.8) is 0 Å². The van der Waals surface area contributed by atoms with E-state index in [0.717, 1.165) is 12.1 Å². The van der Waals surface area contributed by atoms with Crippen molar-refractivity contribution in [1.82, 2.24) is 15.0 Å². The molecule has 1 fully saturated rings. The van der Waals surface area contributed by atoms with Gasteiger partial charge in [0.15, 0.2) is 0 Å². The van der Waals surface area contributed by atoms with E-state index in [2.05, 4.69) is 20.4 Å². The summed E-state index contributed by atoms with van der Waals surface area (Å²) >= 11 is 11.8. The Hall–Kier alpha value is -2.62. The molecule has 0 atom stereocenters. The van der Waals surface area contributed by atoms with Gasteiger partial charge in [-0.3, -0.25) is 9.69 Å². The smallest absolute Gasteiger partial charge is 0.338 e. The van der Waals surface area contributed by atoms with E-state index in [1.165, 1.54) is 6.07 Å². The first-order valence-corrected chi connectivity index (χ1v) is 10.9. The van der Waals surface area contributed by atoms with Crippen LogP contribution in [0.25, 0.3) is 11.4 Å². The normalized spacial score (nSPS) is 15.5. The number of rotatable bonds is 5. The molecular formula is C22H19Cl2F3N4O2. The molecule has 11 heteroatoms. The van der Waals surface area contributed by atoms with Crippen LogP contribution in [0.5, 0.6) is 0 Å². The van der Waals surface area contributed by atoms with Crippen molar-refractivity contribution in [3.05, 3.63) is 64.0 Å². The number of likely N-dealkylation sites (tertiary alicyclic amines) is 1. The molecule has 0 unspecified atom stereocenters. The van der Waals surface area contributed by atoms with Crippen LogP contribution in [0.2, 0.25) is 10.0 Å². The lowest BCUT2D eigenvalue weighted by Crippen LogP contribution is -2.37. The predicted octanol–water partition coefficient (Wildman–Crippen LogP) is 5.91. The summed E-state index contributed by atoms with van der Waals surface area (Å²) in [5, 5.41) is 6.67. The van der Waals surface area contributed by atoms with E-state index < -0.39 is 16.8 Å². The first-order valence-electron chi connectivity index (χ1n) is 10.2. The topological polar surface area (TPSA) is 71.3 Å². The van der Waals surface area contributed by atoms with Gasteiger partial charge in [-0.2, -0.15) is 18.2 Å². The molecule has 6 nitrogen and oxygen atoms in total. The van der Waals surface area contributed by atoms with Crippen LogP contribution in [0.3, 0.4) is 0 Å². The van der Waals surface area contributed by atoms with Crippen LogP contribution in [0.1, 0.15) is 24.3 Å². The van der Waals surface area contributed by atoms with Crippen LogP contribution >= 0.6 is 23.2 Å². The highest BCUT2D eigenvalue weighted by Crippen LogP contribution is 2.36. The number of anilines is 1. The lowest BCUT2D eigenvalue weighted by atomic mass is 9.95. The SMILES string of the molecule is O=C(Nc1ccc(Cl)c(C(F)(F)F)c1)C1CCN(Cc2nc(-c3ccccc3Cl)no2)CC1. The zero-order chi connectivity index (χ0) is 23.6. The van der Waals surface area contributed by atoms with Crippen molar-refractivity contribution in [2.45, 2.75) is 25.6 Å². The largest absolute Gasteiger partial charge is 0.417 e. The maximum Gasteiger partial charge on any atom is 0.417 e. The molecule has 4 rings (SSSR count). The summed E-state index contributed by atoms with van der Waals surface area (Å²) in [6.45, 7) is 1.64. The zero-order valence-corrected chi connectivity index (χ0v) is 18.7. The van der Waals surface area contributed by atoms with Gasteiger partial charge in [-0.1, -0.05) is 40.5 Å². The number of hydrogen-bond donors (Lipinski definition) is 1. The second-order valence-electron chi connectivity index (χ2n) is 7.72. The maximum absolute atomic E-state index is 13.0. The third-order valence-corrected chi connectivity index (χ3v) is 6.10. The van der Waals surface area contributed by atoms with Crippen molar-refractivity contribution >= 4 is 34.8 Å². The Balaban J connectivity index is 1.31. The fourth-order valence-electron chi connectivity index (χ4n) is 3.68. The van der Waals surface area contributed by atoms with Gasteiger partial charge in [-0.15, -0.1) is 0 Å². The van der Waals surface area contributed by atoms with Crippen LogP contribution in [0.4, 0.5) is 18.9 Å². The number of benzene rings is 2. The molecule has 3 aromatic rings. The fraction of sp³-hybridized carbons (Fsp3) is 0.318. The molecular weight excluding hydrogens is 480 g/mol. The predicted molar refractivity (Wildman–Crippen MR) is 118 cm³/mol. The Bertz CT molecular complexity index is 1140. The van der Waals surface area contributed by atoms with Gasteiger partial charge in [0.05, 0.1) is 22.2 Å². The number of nitrogens with one attached hydrogen (secondary N) is 1. The van der Waals surface area contributed by atoms with Crippen molar-refractivity contribution < 1.29 is 22.5 Å². The van der Waals surface area contributed by atoms with Crippen molar-refractivity contribution in [3.8, 4) is 11.4 Å². The van der Waals surface area contributed by atoms with Crippen LogP contribution in [0.15, 0.2) is 47.0 Å². The molecule has 1 aliphatic rings. The summed E-state index contributed by atoms with van der Waals surface area (Å²) < 4.78 is 44.4. The van der Waals surface area contributed by atoms with Crippen molar-refractivity contribution in [2.75, 3.05) is 18.4 Å². The maximum atomic E-state index is 13.0. The summed E-state index contributed by atoms with van der Waals surface area (Å²) in [6, 6.07) is 10.5. The molecule has 1 aromatic heterocycles. The number of piperidine rings is 1. The molecule has 33 heavy (non-hydrogen) atoms. The molecule has 174 valence electrons. The zero-order valence-electron chi connectivity index (χ0n) is 17.2. The van der Waals surface area contributed by atoms with Crippen LogP contribution in [0, 0.1) is 5.92 Å². The monoisotopic (exact) mass is 498 g/mol. The van der Waals surface area contributed by atoms with E-state index in [9.17, 15) is 18.0 Å². The lowest BCUT2D eigenvalue weighted by molar-refractivity contribution is -0.137. The van der Waals surface area contributed by atoms with Gasteiger partial charge in [0.25, 0.3) is 0 Å². The van der Waals surface area contributed by atoms with E-state index in [1.54, 1.807) is 12.1 Å². The Morgan fingerprint density at radius 1 is 1.12 bits per heavy atom. The molecule has 0 saturated carbocycles. The molecule has 2 heterocycles. The molecule has 2 aromatic carbocycles. The second-order valence-corrected chi connectivity index (χ2v) is 8.54. The Labute approximate surface area is 197 Å². The summed E-state index contributed by atoms with van der Waals surface area (Å²) in [5.41, 5.74) is -0.231. The van der Waals surface area contributed by atoms with E-state index in [-0.39, 0.29) is 17.5 Å². The standard InChI is InChI=1S/C22H19Cl2F3N4O2/c23-17-4-2-1-3-15(17)20-29-19(33-30-20)12-31-9-7-13(8-10-31)21(32)28-14-5-6-18(24)16(11-14)22(25,26)27/h1-6,11,13H,7-10,12H2,(H,28,32). The fourth-order valence-corrected chi connectivity index (χ4v) is 4.13. The summed E-state index contributed by atoms with van der Waals surface area (Å²) in [7, 11) is 0. The molecule has 1 saturated heterocycles. The van der Waals surface area contributed by atoms with Gasteiger partial charge in [-0.05, 0) is 56.3 Å². The second kappa shape index (κ2) is 9.70. The quantitative estimate of drug-likeness (QED) is 0.473. The number of carbonyl (C=O) groups excluding carboxylic acids is 1. The van der Waals surface area contributed by atoms with Crippen molar-refractivity contribution in [1.29, 1.82) is 0 Å². The third-order valence-electron chi connectivity index (χ3n) is 5.44. The van der Waals surface area contributed by atoms with Crippen LogP contribution < -0.4 is 5.32 Å². The van der Waals surface area contributed by atoms with Gasteiger partial charge in [0, 0.05) is 17.2 Å². The summed E-state index contributed by atoms with van der Waals surface area (Å²) in [6.07, 6.45) is -3.49. The Kier molecular flexibility index (Phi) is 6.92. The summed E-state index contributed by atoms with van der Waals surface area (Å²) in [4.78, 5) is 19.0. The van der Waals surface area contributed by atoms with E-state index in [4.69, 9.17) is 27.7 Å². The van der Waals surface area contributed by atoms with Crippen LogP contribution in [-0.4, -0.2) is 34.0 Å². The van der Waals surface area contributed by atoms with Gasteiger partial charge in [-0.25, -0.2) is 0 Å². The number of carbonyl (C=O) groups is 1. The highest BCUT2D eigenvalue weighted by Gasteiger charge is 2.34. The first-order chi connectivity index (χ1) is 15.7. The molecule has 0 bridgehead atoms. The van der Waals surface area contributed by atoms with Gasteiger partial charge >= 0.3 is 6.18 Å². The van der Waals surface area contributed by atoms with Crippen molar-refractivity contribution in [2.24, 2.45) is 5.92 Å². The average Bonchev–Trinajstić information content (AvgIpc) is 3.23. The third kappa shape index (κ3) is 5.66. The minimum Gasteiger partial charge on any atom is -0.338 e. The highest BCUT2D eigenvalue weighted by molar-refractivity contribution is 6.33. The number of hydrogen-bond acceptors (Lipinski definition) is 5. The molecule has 0 aliphatic carbocycles. The first kappa shape index (κ1) is 23.5. The highest BCUT2D eigenvalue weighted by atomic mass is 35.5. The van der Waals surface area contributed by atoms with Gasteiger partial charge < -0.3 is 9.84 Å². The number of halogens is 5. The van der Waals surface area contributed by atoms with E-state index >= 15 is 0 Å². The lowest BCUT2D eigenvalue weighted by Gasteiger charge is -2.30. The minimum atomic E-state index is -4.59. The van der Waals surface area contributed by atoms with Crippen LogP contribution in [-0.2, 0) is 17.5 Å². The molecule has 1 N–H and O–H groups in total. The van der Waals surface area contributed by atoms with Gasteiger partial charge in [0.2, 0.25) is 17.6 Å². The molecule has 0 spiro atoms. The molecule has 1 aliphatic heterocycles.